The van der Waals surface area contributed by atoms with Crippen LogP contribution >= 0.6 is 0 Å². The number of ether oxygens (including phenoxy) is 5. The maximum atomic E-state index is 12.0. The molecule has 0 aliphatic carbocycles. The molecule has 2 aliphatic rings. The average molecular weight is 472 g/mol. The number of nitro groups is 1. The van der Waals surface area contributed by atoms with Gasteiger partial charge >= 0.3 is 5.97 Å². The Morgan fingerprint density at radius 1 is 1.06 bits per heavy atom. The molecule has 2 aliphatic heterocycles. The van der Waals surface area contributed by atoms with Crippen LogP contribution in [-0.2, 0) is 28.5 Å². The molecule has 11 nitrogen and oxygen atoms in total. The van der Waals surface area contributed by atoms with Gasteiger partial charge in [-0.1, -0.05) is 30.3 Å². The minimum atomic E-state index is -1.09. The fraction of sp³-hybridized carbons (Fsp3) is 0.391. The Morgan fingerprint density at radius 3 is 2.38 bits per heavy atom. The first kappa shape index (κ1) is 23.6. The van der Waals surface area contributed by atoms with Crippen LogP contribution in [0, 0.1) is 10.1 Å². The molecule has 0 saturated carbocycles. The second kappa shape index (κ2) is 10.2. The molecule has 1 amide bonds. The van der Waals surface area contributed by atoms with Gasteiger partial charge in [0, 0.05) is 31.5 Å². The maximum Gasteiger partial charge on any atom is 0.303 e. The third-order valence-corrected chi connectivity index (χ3v) is 5.38. The zero-order valence-corrected chi connectivity index (χ0v) is 18.5. The fourth-order valence-electron chi connectivity index (χ4n) is 3.95. The van der Waals surface area contributed by atoms with Crippen molar-refractivity contribution in [3.63, 3.8) is 0 Å². The van der Waals surface area contributed by atoms with Crippen LogP contribution in [0.25, 0.3) is 0 Å². The van der Waals surface area contributed by atoms with Gasteiger partial charge in [-0.05, 0) is 12.1 Å². The van der Waals surface area contributed by atoms with Crippen molar-refractivity contribution in [2.75, 3.05) is 6.61 Å². The number of rotatable bonds is 6. The summed E-state index contributed by atoms with van der Waals surface area (Å²) in [7, 11) is 0. The second-order valence-corrected chi connectivity index (χ2v) is 7.89. The summed E-state index contributed by atoms with van der Waals surface area (Å²) in [5.41, 5.74) is 0.678. The summed E-state index contributed by atoms with van der Waals surface area (Å²) in [5, 5.41) is 13.7. The van der Waals surface area contributed by atoms with Crippen molar-refractivity contribution in [1.82, 2.24) is 5.32 Å². The van der Waals surface area contributed by atoms with E-state index in [9.17, 15) is 19.7 Å². The summed E-state index contributed by atoms with van der Waals surface area (Å²) in [5.74, 6) is -0.694. The lowest BCUT2D eigenvalue weighted by Crippen LogP contribution is -2.68. The molecule has 2 heterocycles. The molecule has 0 bridgehead atoms. The number of amides is 1. The van der Waals surface area contributed by atoms with E-state index in [1.54, 1.807) is 0 Å². The SMILES string of the molecule is CC(=O)N[C@H]1[C@@H](Oc2ccc([N+](=O)[O-])cc2)O[C@H]2CO[C@@H](c3ccccc3)O[C@@H]2[C@@H]1OC(C)=O. The second-order valence-electron chi connectivity index (χ2n) is 7.89. The van der Waals surface area contributed by atoms with Crippen LogP contribution in [-0.4, -0.2) is 54.1 Å². The highest BCUT2D eigenvalue weighted by atomic mass is 16.8. The largest absolute Gasteiger partial charge is 0.463 e. The van der Waals surface area contributed by atoms with Crippen molar-refractivity contribution < 1.29 is 38.2 Å². The summed E-state index contributed by atoms with van der Waals surface area (Å²) in [6.07, 6.45) is -4.17. The third kappa shape index (κ3) is 5.33. The molecule has 6 atom stereocenters. The Kier molecular flexibility index (Phi) is 7.06. The van der Waals surface area contributed by atoms with Gasteiger partial charge in [0.2, 0.25) is 12.2 Å². The van der Waals surface area contributed by atoms with Crippen LogP contribution in [0.15, 0.2) is 54.6 Å². The molecule has 0 unspecified atom stereocenters. The Bertz CT molecular complexity index is 1030. The summed E-state index contributed by atoms with van der Waals surface area (Å²) < 4.78 is 29.6. The van der Waals surface area contributed by atoms with E-state index >= 15 is 0 Å². The number of non-ortho nitro benzene ring substituents is 1. The van der Waals surface area contributed by atoms with Gasteiger partial charge in [0.05, 0.1) is 11.5 Å². The Labute approximate surface area is 195 Å². The van der Waals surface area contributed by atoms with Crippen LogP contribution in [0.5, 0.6) is 5.75 Å². The summed E-state index contributed by atoms with van der Waals surface area (Å²) in [6, 6.07) is 13.7. The number of fused-ring (bicyclic) bond motifs is 1. The van der Waals surface area contributed by atoms with Gasteiger partial charge in [-0.15, -0.1) is 0 Å². The highest BCUT2D eigenvalue weighted by Gasteiger charge is 2.53. The van der Waals surface area contributed by atoms with Crippen LogP contribution < -0.4 is 10.1 Å². The van der Waals surface area contributed by atoms with Gasteiger partial charge in [-0.3, -0.25) is 19.7 Å². The quantitative estimate of drug-likeness (QED) is 0.381. The number of carbonyl (C=O) groups excluding carboxylic acids is 2. The molecule has 2 aromatic carbocycles. The smallest absolute Gasteiger partial charge is 0.303 e. The monoisotopic (exact) mass is 472 g/mol. The number of esters is 1. The molecule has 2 aromatic rings. The maximum absolute atomic E-state index is 12.0. The van der Waals surface area contributed by atoms with Gasteiger partial charge < -0.3 is 29.0 Å². The Balaban J connectivity index is 1.60. The topological polar surface area (TPSA) is 135 Å². The number of hydrogen-bond acceptors (Lipinski definition) is 9. The molecule has 180 valence electrons. The van der Waals surface area contributed by atoms with Gasteiger partial charge in [0.15, 0.2) is 12.4 Å². The molecule has 11 heteroatoms. The summed E-state index contributed by atoms with van der Waals surface area (Å²) in [6.45, 7) is 2.70. The minimum absolute atomic E-state index is 0.103. The van der Waals surface area contributed by atoms with Crippen molar-refractivity contribution in [1.29, 1.82) is 0 Å². The average Bonchev–Trinajstić information content (AvgIpc) is 2.81. The number of nitrogens with zero attached hydrogens (tertiary/aromatic N) is 1. The third-order valence-electron chi connectivity index (χ3n) is 5.38. The van der Waals surface area contributed by atoms with Gasteiger partial charge in [0.25, 0.3) is 5.69 Å². The van der Waals surface area contributed by atoms with E-state index in [2.05, 4.69) is 5.32 Å². The zero-order chi connectivity index (χ0) is 24.2. The van der Waals surface area contributed by atoms with E-state index in [0.29, 0.717) is 0 Å². The predicted molar refractivity (Wildman–Crippen MR) is 116 cm³/mol. The first-order valence-electron chi connectivity index (χ1n) is 10.6. The minimum Gasteiger partial charge on any atom is -0.463 e. The molecule has 0 radical (unpaired) electrons. The molecular weight excluding hydrogens is 448 g/mol. The number of nitrogens with one attached hydrogen (secondary N) is 1. The number of benzene rings is 2. The van der Waals surface area contributed by atoms with E-state index in [0.717, 1.165) is 5.56 Å². The van der Waals surface area contributed by atoms with E-state index < -0.39 is 53.7 Å². The first-order chi connectivity index (χ1) is 16.3. The van der Waals surface area contributed by atoms with Crippen LogP contribution in [0.2, 0.25) is 0 Å². The number of hydrogen-bond donors (Lipinski definition) is 1. The first-order valence-corrected chi connectivity index (χ1v) is 10.6. The van der Waals surface area contributed by atoms with Crippen LogP contribution in [0.4, 0.5) is 5.69 Å². The lowest BCUT2D eigenvalue weighted by Gasteiger charge is -2.48. The van der Waals surface area contributed by atoms with E-state index in [4.69, 9.17) is 23.7 Å². The Morgan fingerprint density at radius 2 is 1.76 bits per heavy atom. The highest BCUT2D eigenvalue weighted by molar-refractivity contribution is 5.73. The molecule has 0 spiro atoms. The molecule has 2 saturated heterocycles. The Hall–Kier alpha value is -3.54. The summed E-state index contributed by atoms with van der Waals surface area (Å²) >= 11 is 0. The number of carbonyl (C=O) groups is 2. The molecule has 34 heavy (non-hydrogen) atoms. The molecule has 1 N–H and O–H groups in total. The van der Waals surface area contributed by atoms with E-state index in [-0.39, 0.29) is 18.0 Å². The van der Waals surface area contributed by atoms with Crippen molar-refractivity contribution in [2.45, 2.75) is 50.8 Å². The van der Waals surface area contributed by atoms with E-state index in [1.807, 2.05) is 30.3 Å². The standard InChI is InChI=1S/C23H24N2O9/c1-13(26)24-19-21(31-14(2)27)20-18(12-30-22(34-20)15-6-4-3-5-7-15)33-23(19)32-17-10-8-16(9-11-17)25(28)29/h3-11,18-23H,12H2,1-2H3,(H,24,26)/t18-,19+,20-,21+,22+,23-/m0/s1. The lowest BCUT2D eigenvalue weighted by atomic mass is 9.95. The normalized spacial score (nSPS) is 28.3. The summed E-state index contributed by atoms with van der Waals surface area (Å²) in [4.78, 5) is 34.4. The van der Waals surface area contributed by atoms with Crippen LogP contribution in [0.1, 0.15) is 25.7 Å². The van der Waals surface area contributed by atoms with Gasteiger partial charge in [-0.25, -0.2) is 0 Å². The molecule has 4 rings (SSSR count). The zero-order valence-electron chi connectivity index (χ0n) is 18.5. The fourth-order valence-corrected chi connectivity index (χ4v) is 3.95. The van der Waals surface area contributed by atoms with Crippen molar-refractivity contribution in [3.8, 4) is 5.75 Å². The van der Waals surface area contributed by atoms with E-state index in [1.165, 1.54) is 38.1 Å². The van der Waals surface area contributed by atoms with Crippen molar-refractivity contribution in [2.24, 2.45) is 0 Å². The molecular formula is C23H24N2O9. The highest BCUT2D eigenvalue weighted by Crippen LogP contribution is 2.36. The van der Waals surface area contributed by atoms with Crippen molar-refractivity contribution in [3.05, 3.63) is 70.3 Å². The van der Waals surface area contributed by atoms with Crippen LogP contribution in [0.3, 0.4) is 0 Å². The van der Waals surface area contributed by atoms with Crippen molar-refractivity contribution >= 4 is 17.6 Å². The number of nitro benzene ring substituents is 1. The molecule has 2 fully saturated rings. The van der Waals surface area contributed by atoms with Gasteiger partial charge in [0.1, 0.15) is 24.0 Å². The van der Waals surface area contributed by atoms with Gasteiger partial charge in [-0.2, -0.15) is 0 Å². The predicted octanol–water partition coefficient (Wildman–Crippen LogP) is 2.25. The lowest BCUT2D eigenvalue weighted by molar-refractivity contribution is -0.384. The molecule has 0 aromatic heterocycles.